The zero-order chi connectivity index (χ0) is 4.99. The summed E-state index contributed by atoms with van der Waals surface area (Å²) < 4.78 is 4.39. The van der Waals surface area contributed by atoms with Crippen LogP contribution in [0.5, 0.6) is 0 Å². The Hall–Kier alpha value is -0.750. The molecule has 0 amide bonds. The average Bonchev–Trinajstić information content (AvgIpc) is 1.65. The molecule has 0 atom stereocenters. The fraction of sp³-hybridized carbons (Fsp3) is 0.500. The molecule has 0 heterocycles. The lowest BCUT2D eigenvalue weighted by molar-refractivity contribution is 0.296. The molecule has 0 aliphatic rings. The first-order valence-corrected chi connectivity index (χ1v) is 1.57. The largest absolute Gasteiger partial charge is 0.490 e. The van der Waals surface area contributed by atoms with Crippen molar-refractivity contribution in [1.29, 1.82) is 0 Å². The lowest BCUT2D eigenvalue weighted by Crippen LogP contribution is -1.76. The third-order valence-electron chi connectivity index (χ3n) is 0.450. The van der Waals surface area contributed by atoms with Gasteiger partial charge in [-0.15, -0.1) is 0 Å². The molecule has 0 fully saturated rings. The van der Waals surface area contributed by atoms with Crippen LogP contribution in [-0.4, -0.2) is 13.1 Å². The summed E-state index contributed by atoms with van der Waals surface area (Å²) in [6.45, 7) is 1.55. The SMILES string of the molecule is COC(C)=C=O. The molecule has 2 nitrogen and oxygen atoms in total. The maximum Gasteiger partial charge on any atom is 0.175 e. The Morgan fingerprint density at radius 3 is 2.33 bits per heavy atom. The minimum atomic E-state index is 0.287. The van der Waals surface area contributed by atoms with Crippen molar-refractivity contribution < 1.29 is 9.53 Å². The van der Waals surface area contributed by atoms with Gasteiger partial charge in [-0.3, -0.25) is 0 Å². The summed E-state index contributed by atoms with van der Waals surface area (Å²) in [5.41, 5.74) is 0. The van der Waals surface area contributed by atoms with Crippen LogP contribution in [0.2, 0.25) is 0 Å². The molecule has 34 valence electrons. The molecular formula is C4H6O2. The van der Waals surface area contributed by atoms with Gasteiger partial charge in [0.15, 0.2) is 11.7 Å². The van der Waals surface area contributed by atoms with Crippen molar-refractivity contribution in [2.75, 3.05) is 7.11 Å². The van der Waals surface area contributed by atoms with Crippen LogP contribution in [0.15, 0.2) is 5.76 Å². The molecule has 0 N–H and O–H groups in total. The highest BCUT2D eigenvalue weighted by Gasteiger charge is 1.74. The molecule has 0 aliphatic carbocycles. The number of carbonyl (C=O) groups excluding carboxylic acids is 1. The quantitative estimate of drug-likeness (QED) is 0.340. The molecule has 6 heavy (non-hydrogen) atoms. The zero-order valence-corrected chi connectivity index (χ0v) is 3.82. The molecule has 0 aliphatic heterocycles. The van der Waals surface area contributed by atoms with Crippen LogP contribution in [0.4, 0.5) is 0 Å². The summed E-state index contributed by atoms with van der Waals surface area (Å²) >= 11 is 0. The van der Waals surface area contributed by atoms with Crippen molar-refractivity contribution in [3.8, 4) is 0 Å². The number of ether oxygens (including phenoxy) is 1. The van der Waals surface area contributed by atoms with Crippen molar-refractivity contribution in [3.63, 3.8) is 0 Å². The van der Waals surface area contributed by atoms with Gasteiger partial charge in [0, 0.05) is 6.92 Å². The van der Waals surface area contributed by atoms with E-state index in [1.54, 1.807) is 12.9 Å². The Labute approximate surface area is 36.4 Å². The van der Waals surface area contributed by atoms with Crippen molar-refractivity contribution in [2.45, 2.75) is 6.92 Å². The highest BCUT2D eigenvalue weighted by atomic mass is 16.5. The molecule has 0 radical (unpaired) electrons. The van der Waals surface area contributed by atoms with E-state index in [0.717, 1.165) is 0 Å². The van der Waals surface area contributed by atoms with Crippen molar-refractivity contribution >= 4 is 5.94 Å². The Bertz CT molecular complexity index is 79.5. The van der Waals surface area contributed by atoms with Gasteiger partial charge in [0.2, 0.25) is 0 Å². The second-order valence-electron chi connectivity index (χ2n) is 0.862. The normalized spacial score (nSPS) is 6.33. The van der Waals surface area contributed by atoms with Crippen LogP contribution in [0.25, 0.3) is 0 Å². The topological polar surface area (TPSA) is 26.3 Å². The molecule has 0 saturated carbocycles. The second-order valence-corrected chi connectivity index (χ2v) is 0.862. The first kappa shape index (κ1) is 5.25. The fourth-order valence-corrected chi connectivity index (χ4v) is 0.0417. The summed E-state index contributed by atoms with van der Waals surface area (Å²) in [7, 11) is 1.43. The van der Waals surface area contributed by atoms with Gasteiger partial charge in [-0.05, 0) is 0 Å². The van der Waals surface area contributed by atoms with Gasteiger partial charge in [-0.1, -0.05) is 0 Å². The number of allylic oxidation sites excluding steroid dienone is 1. The van der Waals surface area contributed by atoms with E-state index in [2.05, 4.69) is 4.74 Å². The molecule has 0 bridgehead atoms. The standard InChI is InChI=1S/C4H6O2/c1-4(3-5)6-2/h1-2H3. The van der Waals surface area contributed by atoms with Gasteiger partial charge in [-0.25, -0.2) is 4.79 Å². The first-order chi connectivity index (χ1) is 2.81. The number of rotatable bonds is 1. The average molecular weight is 86.1 g/mol. The van der Waals surface area contributed by atoms with Gasteiger partial charge in [0.1, 0.15) is 0 Å². The second kappa shape index (κ2) is 2.49. The van der Waals surface area contributed by atoms with E-state index in [-0.39, 0.29) is 5.76 Å². The van der Waals surface area contributed by atoms with Crippen LogP contribution in [0, 0.1) is 0 Å². The fourth-order valence-electron chi connectivity index (χ4n) is 0.0417. The number of hydrogen-bond donors (Lipinski definition) is 0. The van der Waals surface area contributed by atoms with Gasteiger partial charge in [0.25, 0.3) is 0 Å². The van der Waals surface area contributed by atoms with Crippen LogP contribution >= 0.6 is 0 Å². The minimum absolute atomic E-state index is 0.287. The number of methoxy groups -OCH3 is 1. The smallest absolute Gasteiger partial charge is 0.175 e. The van der Waals surface area contributed by atoms with Crippen LogP contribution < -0.4 is 0 Å². The van der Waals surface area contributed by atoms with Crippen molar-refractivity contribution in [3.05, 3.63) is 5.76 Å². The van der Waals surface area contributed by atoms with Gasteiger partial charge in [0.05, 0.1) is 7.11 Å². The summed E-state index contributed by atoms with van der Waals surface area (Å²) in [6, 6.07) is 0. The van der Waals surface area contributed by atoms with Crippen LogP contribution in [0.1, 0.15) is 6.92 Å². The summed E-state index contributed by atoms with van der Waals surface area (Å²) in [6.07, 6.45) is 0. The highest BCUT2D eigenvalue weighted by molar-refractivity contribution is 5.48. The maximum absolute atomic E-state index is 9.45. The molecule has 0 rings (SSSR count). The van der Waals surface area contributed by atoms with Crippen molar-refractivity contribution in [1.82, 2.24) is 0 Å². The first-order valence-electron chi connectivity index (χ1n) is 1.57. The predicted molar refractivity (Wildman–Crippen MR) is 21.9 cm³/mol. The Balaban J connectivity index is 3.52. The minimum Gasteiger partial charge on any atom is -0.490 e. The van der Waals surface area contributed by atoms with E-state index in [0.29, 0.717) is 0 Å². The Morgan fingerprint density at radius 2 is 2.33 bits per heavy atom. The summed E-state index contributed by atoms with van der Waals surface area (Å²) in [4.78, 5) is 9.45. The predicted octanol–water partition coefficient (Wildman–Crippen LogP) is 0.368. The van der Waals surface area contributed by atoms with E-state index in [9.17, 15) is 4.79 Å². The molecular weight excluding hydrogens is 80.0 g/mol. The van der Waals surface area contributed by atoms with E-state index in [4.69, 9.17) is 0 Å². The zero-order valence-electron chi connectivity index (χ0n) is 3.82. The number of hydrogen-bond acceptors (Lipinski definition) is 2. The highest BCUT2D eigenvalue weighted by Crippen LogP contribution is 1.79. The van der Waals surface area contributed by atoms with Gasteiger partial charge >= 0.3 is 0 Å². The Morgan fingerprint density at radius 1 is 1.83 bits per heavy atom. The van der Waals surface area contributed by atoms with E-state index >= 15 is 0 Å². The van der Waals surface area contributed by atoms with Gasteiger partial charge in [-0.2, -0.15) is 0 Å². The van der Waals surface area contributed by atoms with Gasteiger partial charge < -0.3 is 4.74 Å². The van der Waals surface area contributed by atoms with E-state index < -0.39 is 0 Å². The lowest BCUT2D eigenvalue weighted by Gasteiger charge is -1.85. The third kappa shape index (κ3) is 1.56. The molecule has 0 saturated heterocycles. The van der Waals surface area contributed by atoms with E-state index in [1.165, 1.54) is 7.11 Å². The van der Waals surface area contributed by atoms with E-state index in [1.807, 2.05) is 0 Å². The Kier molecular flexibility index (Phi) is 2.17. The van der Waals surface area contributed by atoms with Crippen molar-refractivity contribution in [2.24, 2.45) is 0 Å². The summed E-state index contributed by atoms with van der Waals surface area (Å²) in [5.74, 6) is 1.85. The summed E-state index contributed by atoms with van der Waals surface area (Å²) in [5, 5.41) is 0. The molecule has 2 heteroatoms. The molecule has 0 unspecified atom stereocenters. The molecule has 0 aromatic rings. The molecule has 0 aromatic carbocycles. The van der Waals surface area contributed by atoms with Crippen LogP contribution in [-0.2, 0) is 9.53 Å². The monoisotopic (exact) mass is 86.0 g/mol. The molecule has 0 aromatic heterocycles. The van der Waals surface area contributed by atoms with Crippen LogP contribution in [0.3, 0.4) is 0 Å². The maximum atomic E-state index is 9.45. The molecule has 0 spiro atoms. The third-order valence-corrected chi connectivity index (χ3v) is 0.450. The lowest BCUT2D eigenvalue weighted by atomic mass is 10.7.